The fraction of sp³-hybridized carbons (Fsp3) is 0.571. The van der Waals surface area contributed by atoms with E-state index in [0.29, 0.717) is 0 Å². The van der Waals surface area contributed by atoms with Crippen molar-refractivity contribution in [2.24, 2.45) is 5.92 Å². The van der Waals surface area contributed by atoms with Crippen LogP contribution in [-0.2, 0) is 12.3 Å². The lowest BCUT2D eigenvalue weighted by Crippen LogP contribution is -2.17. The van der Waals surface area contributed by atoms with E-state index in [-0.39, 0.29) is 17.9 Å². The van der Waals surface area contributed by atoms with Gasteiger partial charge in [-0.25, -0.2) is 8.78 Å². The maximum absolute atomic E-state index is 13.9. The van der Waals surface area contributed by atoms with Crippen LogP contribution in [0.1, 0.15) is 31.4 Å². The zero-order chi connectivity index (χ0) is 12.9. The maximum atomic E-state index is 13.9. The van der Waals surface area contributed by atoms with Crippen molar-refractivity contribution in [3.8, 4) is 0 Å². The molecule has 1 aromatic carbocycles. The van der Waals surface area contributed by atoms with E-state index in [9.17, 15) is 8.78 Å². The number of benzene rings is 1. The van der Waals surface area contributed by atoms with E-state index >= 15 is 0 Å². The lowest BCUT2D eigenvalue weighted by atomic mass is 9.96. The molecule has 0 spiro atoms. The predicted octanol–water partition coefficient (Wildman–Crippen LogP) is 3.59. The molecule has 0 fully saturated rings. The van der Waals surface area contributed by atoms with Crippen LogP contribution >= 0.6 is 0 Å². The Morgan fingerprint density at radius 1 is 1.29 bits per heavy atom. The van der Waals surface area contributed by atoms with Crippen LogP contribution < -0.4 is 5.32 Å². The average Bonchev–Trinajstić information content (AvgIpc) is 2.25. The first-order valence-electron chi connectivity index (χ1n) is 6.07. The van der Waals surface area contributed by atoms with Gasteiger partial charge in [-0.1, -0.05) is 32.0 Å². The molecule has 96 valence electrons. The summed E-state index contributed by atoms with van der Waals surface area (Å²) in [6.45, 7) is 4.44. The minimum Gasteiger partial charge on any atom is -0.319 e. The Morgan fingerprint density at radius 3 is 2.59 bits per heavy atom. The molecular weight excluding hydrogens is 220 g/mol. The van der Waals surface area contributed by atoms with Gasteiger partial charge in [0.25, 0.3) is 5.92 Å². The van der Waals surface area contributed by atoms with Gasteiger partial charge >= 0.3 is 0 Å². The van der Waals surface area contributed by atoms with E-state index in [0.717, 1.165) is 18.5 Å². The van der Waals surface area contributed by atoms with E-state index in [1.807, 2.05) is 27.0 Å². The fourth-order valence-electron chi connectivity index (χ4n) is 1.85. The van der Waals surface area contributed by atoms with Gasteiger partial charge in [0.2, 0.25) is 0 Å². The zero-order valence-corrected chi connectivity index (χ0v) is 10.8. The minimum absolute atomic E-state index is 0.00837. The molecule has 0 unspecified atom stereocenters. The summed E-state index contributed by atoms with van der Waals surface area (Å²) in [5.74, 6) is -2.73. The van der Waals surface area contributed by atoms with E-state index in [1.54, 1.807) is 12.1 Å². The maximum Gasteiger partial charge on any atom is 0.273 e. The quantitative estimate of drug-likeness (QED) is 0.802. The lowest BCUT2D eigenvalue weighted by molar-refractivity contribution is -0.0249. The Labute approximate surface area is 102 Å². The molecule has 0 aliphatic heterocycles. The van der Waals surface area contributed by atoms with Gasteiger partial charge in [0.1, 0.15) is 0 Å². The molecule has 0 atom stereocenters. The summed E-state index contributed by atoms with van der Waals surface area (Å²) in [6, 6.07) is 6.76. The van der Waals surface area contributed by atoms with Crippen LogP contribution in [0.25, 0.3) is 0 Å². The molecule has 0 heterocycles. The molecule has 0 amide bonds. The number of rotatable bonds is 6. The Hall–Kier alpha value is -0.960. The van der Waals surface area contributed by atoms with Gasteiger partial charge < -0.3 is 5.32 Å². The highest BCUT2D eigenvalue weighted by atomic mass is 19.3. The highest BCUT2D eigenvalue weighted by Crippen LogP contribution is 2.34. The smallest absolute Gasteiger partial charge is 0.273 e. The van der Waals surface area contributed by atoms with Crippen molar-refractivity contribution in [3.05, 3.63) is 35.4 Å². The van der Waals surface area contributed by atoms with E-state index in [1.165, 1.54) is 6.07 Å². The largest absolute Gasteiger partial charge is 0.319 e. The molecule has 1 rings (SSSR count). The number of nitrogens with one attached hydrogen (secondary N) is 1. The van der Waals surface area contributed by atoms with Crippen molar-refractivity contribution in [1.82, 2.24) is 5.32 Å². The third-order valence-electron chi connectivity index (χ3n) is 2.68. The molecule has 1 N–H and O–H groups in total. The minimum atomic E-state index is -2.72. The molecule has 17 heavy (non-hydrogen) atoms. The van der Waals surface area contributed by atoms with Gasteiger partial charge in [0.15, 0.2) is 0 Å². The molecule has 3 heteroatoms. The Bertz CT molecular complexity index is 348. The number of alkyl halides is 2. The van der Waals surface area contributed by atoms with Crippen molar-refractivity contribution in [2.45, 2.75) is 32.6 Å². The predicted molar refractivity (Wildman–Crippen MR) is 67.4 cm³/mol. The van der Waals surface area contributed by atoms with Gasteiger partial charge in [-0.05, 0) is 37.6 Å². The zero-order valence-electron chi connectivity index (χ0n) is 10.8. The van der Waals surface area contributed by atoms with Crippen molar-refractivity contribution in [3.63, 3.8) is 0 Å². The molecule has 1 nitrogen and oxygen atoms in total. The topological polar surface area (TPSA) is 12.0 Å². The standard InChI is InChI=1S/C14H21F2N/c1-11(2)10-14(15,16)13-6-4-5-12(9-13)7-8-17-3/h4-6,9,11,17H,7-8,10H2,1-3H3. The number of hydrogen-bond acceptors (Lipinski definition) is 1. The highest BCUT2D eigenvalue weighted by molar-refractivity contribution is 5.27. The van der Waals surface area contributed by atoms with Crippen LogP contribution in [0.5, 0.6) is 0 Å². The number of hydrogen-bond donors (Lipinski definition) is 1. The van der Waals surface area contributed by atoms with Crippen molar-refractivity contribution in [2.75, 3.05) is 13.6 Å². The average molecular weight is 241 g/mol. The first kappa shape index (κ1) is 14.1. The second kappa shape index (κ2) is 6.10. The normalized spacial score (nSPS) is 12.1. The molecule has 0 saturated carbocycles. The lowest BCUT2D eigenvalue weighted by Gasteiger charge is -2.19. The van der Waals surface area contributed by atoms with Crippen molar-refractivity contribution in [1.29, 1.82) is 0 Å². The molecular formula is C14H21F2N. The van der Waals surface area contributed by atoms with Gasteiger partial charge in [0, 0.05) is 12.0 Å². The molecule has 0 aliphatic carbocycles. The van der Waals surface area contributed by atoms with Gasteiger partial charge in [0.05, 0.1) is 0 Å². The Morgan fingerprint density at radius 2 is 2.00 bits per heavy atom. The molecule has 0 aromatic heterocycles. The molecule has 0 bridgehead atoms. The number of likely N-dealkylation sites (N-methyl/N-ethyl adjacent to an activating group) is 1. The molecule has 0 radical (unpaired) electrons. The SMILES string of the molecule is CNCCc1cccc(C(F)(F)CC(C)C)c1. The Balaban J connectivity index is 2.82. The van der Waals surface area contributed by atoms with E-state index < -0.39 is 5.92 Å². The van der Waals surface area contributed by atoms with Crippen LogP contribution in [-0.4, -0.2) is 13.6 Å². The van der Waals surface area contributed by atoms with Crippen molar-refractivity contribution < 1.29 is 8.78 Å². The second-order valence-electron chi connectivity index (χ2n) is 4.86. The first-order valence-corrected chi connectivity index (χ1v) is 6.07. The third-order valence-corrected chi connectivity index (χ3v) is 2.68. The van der Waals surface area contributed by atoms with Crippen LogP contribution in [0.15, 0.2) is 24.3 Å². The monoisotopic (exact) mass is 241 g/mol. The fourth-order valence-corrected chi connectivity index (χ4v) is 1.85. The van der Waals surface area contributed by atoms with Gasteiger partial charge in [-0.15, -0.1) is 0 Å². The highest BCUT2D eigenvalue weighted by Gasteiger charge is 2.32. The van der Waals surface area contributed by atoms with Crippen LogP contribution in [0.4, 0.5) is 8.78 Å². The summed E-state index contributed by atoms with van der Waals surface area (Å²) in [5, 5.41) is 3.02. The van der Waals surface area contributed by atoms with Crippen molar-refractivity contribution >= 4 is 0 Å². The summed E-state index contributed by atoms with van der Waals surface area (Å²) in [6.07, 6.45) is 0.685. The first-order chi connectivity index (χ1) is 7.95. The molecule has 0 aliphatic rings. The van der Waals surface area contributed by atoms with Crippen LogP contribution in [0.2, 0.25) is 0 Å². The van der Waals surface area contributed by atoms with Gasteiger partial charge in [-0.2, -0.15) is 0 Å². The summed E-state index contributed by atoms with van der Waals surface area (Å²) in [4.78, 5) is 0. The summed E-state index contributed by atoms with van der Waals surface area (Å²) in [7, 11) is 1.86. The third kappa shape index (κ3) is 4.43. The number of halogens is 2. The van der Waals surface area contributed by atoms with Crippen LogP contribution in [0.3, 0.4) is 0 Å². The van der Waals surface area contributed by atoms with E-state index in [2.05, 4.69) is 5.32 Å². The molecule has 0 saturated heterocycles. The summed E-state index contributed by atoms with van der Waals surface area (Å²) in [5.41, 5.74) is 1.10. The summed E-state index contributed by atoms with van der Waals surface area (Å²) >= 11 is 0. The second-order valence-corrected chi connectivity index (χ2v) is 4.86. The van der Waals surface area contributed by atoms with E-state index in [4.69, 9.17) is 0 Å². The Kier molecular flexibility index (Phi) is 5.06. The van der Waals surface area contributed by atoms with Gasteiger partial charge in [-0.3, -0.25) is 0 Å². The van der Waals surface area contributed by atoms with Crippen LogP contribution in [0, 0.1) is 5.92 Å². The molecule has 1 aromatic rings. The summed E-state index contributed by atoms with van der Waals surface area (Å²) < 4.78 is 27.8.